The van der Waals surface area contributed by atoms with E-state index in [1.165, 1.54) is 0 Å². The fraction of sp³-hybridized carbons (Fsp3) is 0.538. The van der Waals surface area contributed by atoms with Gasteiger partial charge in [0.1, 0.15) is 0 Å². The van der Waals surface area contributed by atoms with E-state index in [4.69, 9.17) is 10.5 Å². The number of nitrogens with two attached hydrogens (primary N) is 1. The molecule has 0 aliphatic carbocycles. The van der Waals surface area contributed by atoms with Gasteiger partial charge in [0.25, 0.3) is 0 Å². The maximum atomic E-state index is 9.61. The minimum absolute atomic E-state index is 0.203. The summed E-state index contributed by atoms with van der Waals surface area (Å²) in [6.45, 7) is 5.34. The molecule has 0 saturated carbocycles. The predicted octanol–water partition coefficient (Wildman–Crippen LogP) is 1.32. The lowest BCUT2D eigenvalue weighted by atomic mass is 10.2. The second-order valence-corrected chi connectivity index (χ2v) is 4.52. The molecule has 2 rings (SSSR count). The molecule has 0 radical (unpaired) electrons. The van der Waals surface area contributed by atoms with Crippen molar-refractivity contribution in [1.82, 2.24) is 4.90 Å². The van der Waals surface area contributed by atoms with Gasteiger partial charge in [0.15, 0.2) is 11.5 Å². The van der Waals surface area contributed by atoms with Gasteiger partial charge in [-0.15, -0.1) is 0 Å². The van der Waals surface area contributed by atoms with Crippen LogP contribution in [0.25, 0.3) is 0 Å². The number of likely N-dealkylation sites (tertiary alicyclic amines) is 1. The number of benzene rings is 1. The maximum absolute atomic E-state index is 9.61. The molecule has 0 spiro atoms. The van der Waals surface area contributed by atoms with Gasteiger partial charge in [-0.25, -0.2) is 0 Å². The van der Waals surface area contributed by atoms with Crippen molar-refractivity contribution < 1.29 is 9.84 Å². The molecule has 1 aliphatic rings. The second kappa shape index (κ2) is 5.38. The van der Waals surface area contributed by atoms with E-state index in [0.29, 0.717) is 18.4 Å². The molecule has 4 heteroatoms. The molecule has 94 valence electrons. The first-order valence-corrected chi connectivity index (χ1v) is 6.11. The summed E-state index contributed by atoms with van der Waals surface area (Å²) in [5.41, 5.74) is 7.03. The number of phenols is 1. The van der Waals surface area contributed by atoms with Crippen LogP contribution in [-0.2, 0) is 6.54 Å². The third-order valence-corrected chi connectivity index (χ3v) is 3.04. The zero-order valence-electron chi connectivity index (χ0n) is 10.2. The zero-order chi connectivity index (χ0) is 12.3. The Hall–Kier alpha value is -1.26. The summed E-state index contributed by atoms with van der Waals surface area (Å²) in [7, 11) is 0. The molecular weight excluding hydrogens is 216 g/mol. The highest BCUT2D eigenvalue weighted by Gasteiger charge is 2.19. The average Bonchev–Trinajstić information content (AvgIpc) is 2.69. The molecule has 1 atom stereocenters. The Morgan fingerprint density at radius 2 is 2.35 bits per heavy atom. The van der Waals surface area contributed by atoms with Gasteiger partial charge in [-0.2, -0.15) is 0 Å². The van der Waals surface area contributed by atoms with Crippen molar-refractivity contribution in [1.29, 1.82) is 0 Å². The molecular formula is C13H20N2O2. The fourth-order valence-corrected chi connectivity index (χ4v) is 2.19. The lowest BCUT2D eigenvalue weighted by Gasteiger charge is -2.16. The third-order valence-electron chi connectivity index (χ3n) is 3.04. The zero-order valence-corrected chi connectivity index (χ0v) is 10.2. The van der Waals surface area contributed by atoms with Crippen LogP contribution in [0.4, 0.5) is 0 Å². The van der Waals surface area contributed by atoms with Gasteiger partial charge >= 0.3 is 0 Å². The van der Waals surface area contributed by atoms with Gasteiger partial charge in [-0.1, -0.05) is 6.07 Å². The van der Waals surface area contributed by atoms with Crippen molar-refractivity contribution in [2.24, 2.45) is 5.73 Å². The molecule has 1 fully saturated rings. The molecule has 3 N–H and O–H groups in total. The molecule has 1 saturated heterocycles. The minimum Gasteiger partial charge on any atom is -0.504 e. The smallest absolute Gasteiger partial charge is 0.161 e. The van der Waals surface area contributed by atoms with Gasteiger partial charge in [0.05, 0.1) is 6.61 Å². The van der Waals surface area contributed by atoms with Crippen molar-refractivity contribution >= 4 is 0 Å². The van der Waals surface area contributed by atoms with Crippen LogP contribution in [0.1, 0.15) is 18.9 Å². The molecule has 1 heterocycles. The Bertz CT molecular complexity index is 382. The Kier molecular flexibility index (Phi) is 3.86. The highest BCUT2D eigenvalue weighted by molar-refractivity contribution is 5.41. The van der Waals surface area contributed by atoms with E-state index in [-0.39, 0.29) is 5.75 Å². The molecule has 1 aromatic carbocycles. The maximum Gasteiger partial charge on any atom is 0.161 e. The number of hydrogen-bond donors (Lipinski definition) is 2. The van der Waals surface area contributed by atoms with Crippen LogP contribution < -0.4 is 10.5 Å². The van der Waals surface area contributed by atoms with Crippen molar-refractivity contribution in [3.63, 3.8) is 0 Å². The predicted molar refractivity (Wildman–Crippen MR) is 67.1 cm³/mol. The highest BCUT2D eigenvalue weighted by Crippen LogP contribution is 2.27. The first-order chi connectivity index (χ1) is 8.19. The Morgan fingerprint density at radius 1 is 1.53 bits per heavy atom. The quantitative estimate of drug-likeness (QED) is 0.828. The van der Waals surface area contributed by atoms with E-state index in [2.05, 4.69) is 4.90 Å². The number of hydrogen-bond acceptors (Lipinski definition) is 4. The van der Waals surface area contributed by atoms with Crippen molar-refractivity contribution in [2.45, 2.75) is 25.9 Å². The van der Waals surface area contributed by atoms with Crippen LogP contribution in [0, 0.1) is 0 Å². The largest absolute Gasteiger partial charge is 0.504 e. The van der Waals surface area contributed by atoms with Gasteiger partial charge in [-0.3, -0.25) is 4.90 Å². The molecule has 0 bridgehead atoms. The lowest BCUT2D eigenvalue weighted by Crippen LogP contribution is -2.26. The number of ether oxygens (including phenoxy) is 1. The van der Waals surface area contributed by atoms with Crippen molar-refractivity contribution in [2.75, 3.05) is 19.7 Å². The monoisotopic (exact) mass is 236 g/mol. The van der Waals surface area contributed by atoms with E-state index in [1.54, 1.807) is 6.07 Å². The van der Waals surface area contributed by atoms with E-state index in [9.17, 15) is 5.11 Å². The molecule has 1 unspecified atom stereocenters. The lowest BCUT2D eigenvalue weighted by molar-refractivity contribution is 0.311. The summed E-state index contributed by atoms with van der Waals surface area (Å²) in [5, 5.41) is 9.61. The highest BCUT2D eigenvalue weighted by atomic mass is 16.5. The van der Waals surface area contributed by atoms with E-state index < -0.39 is 0 Å². The average molecular weight is 236 g/mol. The first kappa shape index (κ1) is 12.2. The minimum atomic E-state index is 0.203. The van der Waals surface area contributed by atoms with E-state index in [0.717, 1.165) is 31.6 Å². The summed E-state index contributed by atoms with van der Waals surface area (Å²) in [6, 6.07) is 5.83. The van der Waals surface area contributed by atoms with Crippen LogP contribution in [0.2, 0.25) is 0 Å². The topological polar surface area (TPSA) is 58.7 Å². The van der Waals surface area contributed by atoms with Crippen LogP contribution in [0.5, 0.6) is 11.5 Å². The fourth-order valence-electron chi connectivity index (χ4n) is 2.19. The van der Waals surface area contributed by atoms with Gasteiger partial charge in [0, 0.05) is 25.7 Å². The normalized spacial score (nSPS) is 20.7. The standard InChI is InChI=1S/C13H20N2O2/c1-2-17-13-7-10(3-4-12(13)16)8-15-6-5-11(14)9-15/h3-4,7,11,16H,2,5-6,8-9,14H2,1H3. The molecule has 0 amide bonds. The number of phenolic OH excluding ortho intramolecular Hbond substituents is 1. The van der Waals surface area contributed by atoms with Crippen molar-refractivity contribution in [3.8, 4) is 11.5 Å². The summed E-state index contributed by atoms with van der Waals surface area (Å²) in [6.07, 6.45) is 1.07. The van der Waals surface area contributed by atoms with E-state index >= 15 is 0 Å². The van der Waals surface area contributed by atoms with Crippen LogP contribution in [-0.4, -0.2) is 35.7 Å². The van der Waals surface area contributed by atoms with E-state index in [1.807, 2.05) is 19.1 Å². The summed E-state index contributed by atoms with van der Waals surface area (Å²) < 4.78 is 5.37. The van der Waals surface area contributed by atoms with Gasteiger partial charge in [0.2, 0.25) is 0 Å². The van der Waals surface area contributed by atoms with Crippen LogP contribution in [0.15, 0.2) is 18.2 Å². The first-order valence-electron chi connectivity index (χ1n) is 6.11. The number of nitrogens with zero attached hydrogens (tertiary/aromatic N) is 1. The SMILES string of the molecule is CCOc1cc(CN2CCC(N)C2)ccc1O. The Balaban J connectivity index is 2.03. The van der Waals surface area contributed by atoms with Gasteiger partial charge < -0.3 is 15.6 Å². The third kappa shape index (κ3) is 3.11. The molecule has 1 aromatic rings. The summed E-state index contributed by atoms with van der Waals surface area (Å²) >= 11 is 0. The molecule has 17 heavy (non-hydrogen) atoms. The summed E-state index contributed by atoms with van der Waals surface area (Å²) in [5.74, 6) is 0.766. The number of aromatic hydroxyl groups is 1. The van der Waals surface area contributed by atoms with Crippen LogP contribution >= 0.6 is 0 Å². The Labute approximate surface area is 102 Å². The molecule has 4 nitrogen and oxygen atoms in total. The van der Waals surface area contributed by atoms with Crippen LogP contribution in [0.3, 0.4) is 0 Å². The molecule has 1 aliphatic heterocycles. The second-order valence-electron chi connectivity index (χ2n) is 4.52. The van der Waals surface area contributed by atoms with Gasteiger partial charge in [-0.05, 0) is 31.0 Å². The Morgan fingerprint density at radius 3 is 3.00 bits per heavy atom. The number of rotatable bonds is 4. The van der Waals surface area contributed by atoms with Crippen molar-refractivity contribution in [3.05, 3.63) is 23.8 Å². The summed E-state index contributed by atoms with van der Waals surface area (Å²) in [4.78, 5) is 2.33. The molecule has 0 aromatic heterocycles.